The van der Waals surface area contributed by atoms with E-state index in [4.69, 9.17) is 10.5 Å². The van der Waals surface area contributed by atoms with Gasteiger partial charge in [0.1, 0.15) is 5.75 Å². The fourth-order valence-electron chi connectivity index (χ4n) is 2.22. The van der Waals surface area contributed by atoms with Crippen LogP contribution < -0.4 is 10.5 Å². The van der Waals surface area contributed by atoms with Crippen molar-refractivity contribution in [1.29, 1.82) is 0 Å². The molecule has 2 N–H and O–H groups in total. The Bertz CT molecular complexity index is 450. The largest absolute Gasteiger partial charge is 0.496 e. The number of hydrogen-bond donors (Lipinski definition) is 1. The SMILES string of the molecule is COc1cc([N+](=O)[O-])ccc1CN1CCC(N)C1. The first-order chi connectivity index (χ1) is 8.60. The van der Waals surface area contributed by atoms with Crippen molar-refractivity contribution in [1.82, 2.24) is 4.90 Å². The first-order valence-electron chi connectivity index (χ1n) is 5.89. The van der Waals surface area contributed by atoms with Crippen LogP contribution in [0.15, 0.2) is 18.2 Å². The minimum atomic E-state index is -0.419. The van der Waals surface area contributed by atoms with Crippen molar-refractivity contribution in [3.05, 3.63) is 33.9 Å². The van der Waals surface area contributed by atoms with Crippen LogP contribution in [0.5, 0.6) is 5.75 Å². The first kappa shape index (κ1) is 12.8. The summed E-state index contributed by atoms with van der Waals surface area (Å²) in [5.41, 5.74) is 6.86. The predicted molar refractivity (Wildman–Crippen MR) is 67.5 cm³/mol. The molecule has 6 nitrogen and oxygen atoms in total. The summed E-state index contributed by atoms with van der Waals surface area (Å²) in [6.45, 7) is 2.54. The molecule has 1 aliphatic heterocycles. The Morgan fingerprint density at radius 1 is 1.61 bits per heavy atom. The Hall–Kier alpha value is -1.66. The molecule has 1 aromatic carbocycles. The molecule has 1 aromatic rings. The second kappa shape index (κ2) is 5.32. The van der Waals surface area contributed by atoms with Crippen molar-refractivity contribution < 1.29 is 9.66 Å². The quantitative estimate of drug-likeness (QED) is 0.641. The van der Waals surface area contributed by atoms with Crippen LogP contribution in [-0.2, 0) is 6.54 Å². The van der Waals surface area contributed by atoms with E-state index >= 15 is 0 Å². The second-order valence-corrected chi connectivity index (χ2v) is 4.54. The molecule has 0 saturated carbocycles. The topological polar surface area (TPSA) is 81.6 Å². The number of non-ortho nitro benzene ring substituents is 1. The van der Waals surface area contributed by atoms with Crippen LogP contribution >= 0.6 is 0 Å². The fourth-order valence-corrected chi connectivity index (χ4v) is 2.22. The zero-order valence-electron chi connectivity index (χ0n) is 10.3. The Morgan fingerprint density at radius 2 is 2.39 bits per heavy atom. The van der Waals surface area contributed by atoms with Crippen molar-refractivity contribution >= 4 is 5.69 Å². The van der Waals surface area contributed by atoms with Crippen LogP contribution in [0.4, 0.5) is 5.69 Å². The summed E-state index contributed by atoms with van der Waals surface area (Å²) >= 11 is 0. The van der Waals surface area contributed by atoms with Gasteiger partial charge in [0.25, 0.3) is 5.69 Å². The average Bonchev–Trinajstić information content (AvgIpc) is 2.75. The number of methoxy groups -OCH3 is 1. The molecule has 1 heterocycles. The molecule has 98 valence electrons. The third-order valence-electron chi connectivity index (χ3n) is 3.18. The van der Waals surface area contributed by atoms with E-state index in [0.717, 1.165) is 31.6 Å². The van der Waals surface area contributed by atoms with Crippen molar-refractivity contribution in [2.75, 3.05) is 20.2 Å². The zero-order valence-corrected chi connectivity index (χ0v) is 10.3. The van der Waals surface area contributed by atoms with Crippen LogP contribution in [0.1, 0.15) is 12.0 Å². The van der Waals surface area contributed by atoms with Gasteiger partial charge in [-0.25, -0.2) is 0 Å². The van der Waals surface area contributed by atoms with E-state index in [1.165, 1.54) is 19.2 Å². The van der Waals surface area contributed by atoms with E-state index in [0.29, 0.717) is 5.75 Å². The normalized spacial score (nSPS) is 20.0. The number of likely N-dealkylation sites (tertiary alicyclic amines) is 1. The van der Waals surface area contributed by atoms with E-state index in [1.807, 2.05) is 0 Å². The maximum atomic E-state index is 10.7. The number of rotatable bonds is 4. The van der Waals surface area contributed by atoms with Gasteiger partial charge in [-0.3, -0.25) is 15.0 Å². The van der Waals surface area contributed by atoms with Gasteiger partial charge in [0.2, 0.25) is 0 Å². The van der Waals surface area contributed by atoms with Gasteiger partial charge in [-0.2, -0.15) is 0 Å². The Balaban J connectivity index is 2.14. The van der Waals surface area contributed by atoms with Gasteiger partial charge in [0, 0.05) is 37.3 Å². The minimum Gasteiger partial charge on any atom is -0.496 e. The lowest BCUT2D eigenvalue weighted by Crippen LogP contribution is -2.26. The molecule has 1 atom stereocenters. The first-order valence-corrected chi connectivity index (χ1v) is 5.89. The maximum Gasteiger partial charge on any atom is 0.273 e. The maximum absolute atomic E-state index is 10.7. The molecule has 1 aliphatic rings. The van der Waals surface area contributed by atoms with Gasteiger partial charge in [-0.1, -0.05) is 0 Å². The van der Waals surface area contributed by atoms with Crippen molar-refractivity contribution in [2.45, 2.75) is 19.0 Å². The molecule has 0 aliphatic carbocycles. The summed E-state index contributed by atoms with van der Waals surface area (Å²) in [6.07, 6.45) is 0.995. The highest BCUT2D eigenvalue weighted by atomic mass is 16.6. The highest BCUT2D eigenvalue weighted by Gasteiger charge is 2.21. The summed E-state index contributed by atoms with van der Waals surface area (Å²) in [4.78, 5) is 12.5. The van der Waals surface area contributed by atoms with Crippen LogP contribution in [0.2, 0.25) is 0 Å². The summed E-state index contributed by atoms with van der Waals surface area (Å²) in [5, 5.41) is 10.7. The number of nitrogens with zero attached hydrogens (tertiary/aromatic N) is 2. The number of nitro benzene ring substituents is 1. The van der Waals surface area contributed by atoms with Crippen LogP contribution in [-0.4, -0.2) is 36.1 Å². The van der Waals surface area contributed by atoms with E-state index in [2.05, 4.69) is 4.90 Å². The molecule has 18 heavy (non-hydrogen) atoms. The van der Waals surface area contributed by atoms with Crippen molar-refractivity contribution in [3.63, 3.8) is 0 Å². The highest BCUT2D eigenvalue weighted by Crippen LogP contribution is 2.26. The van der Waals surface area contributed by atoms with Crippen LogP contribution in [0, 0.1) is 10.1 Å². The number of benzene rings is 1. The molecule has 0 bridgehead atoms. The van der Waals surface area contributed by atoms with Crippen LogP contribution in [0.3, 0.4) is 0 Å². The Labute approximate surface area is 105 Å². The molecular weight excluding hydrogens is 234 g/mol. The number of hydrogen-bond acceptors (Lipinski definition) is 5. The summed E-state index contributed by atoms with van der Waals surface area (Å²) in [6, 6.07) is 4.95. The molecule has 0 spiro atoms. The van der Waals surface area contributed by atoms with E-state index in [1.54, 1.807) is 6.07 Å². The van der Waals surface area contributed by atoms with E-state index in [9.17, 15) is 10.1 Å². The van der Waals surface area contributed by atoms with E-state index < -0.39 is 4.92 Å². The Morgan fingerprint density at radius 3 is 2.94 bits per heavy atom. The minimum absolute atomic E-state index is 0.0497. The molecule has 0 radical (unpaired) electrons. The lowest BCUT2D eigenvalue weighted by atomic mass is 10.1. The third kappa shape index (κ3) is 2.77. The van der Waals surface area contributed by atoms with Gasteiger partial charge in [-0.15, -0.1) is 0 Å². The van der Waals surface area contributed by atoms with Crippen molar-refractivity contribution in [3.8, 4) is 5.75 Å². The summed E-state index contributed by atoms with van der Waals surface area (Å²) < 4.78 is 5.21. The third-order valence-corrected chi connectivity index (χ3v) is 3.18. The summed E-state index contributed by atoms with van der Waals surface area (Å²) in [7, 11) is 1.53. The van der Waals surface area contributed by atoms with Gasteiger partial charge in [-0.05, 0) is 12.5 Å². The van der Waals surface area contributed by atoms with Crippen molar-refractivity contribution in [2.24, 2.45) is 5.73 Å². The average molecular weight is 251 g/mol. The monoisotopic (exact) mass is 251 g/mol. The predicted octanol–water partition coefficient (Wildman–Crippen LogP) is 1.14. The van der Waals surface area contributed by atoms with Crippen LogP contribution in [0.25, 0.3) is 0 Å². The van der Waals surface area contributed by atoms with Gasteiger partial charge >= 0.3 is 0 Å². The lowest BCUT2D eigenvalue weighted by molar-refractivity contribution is -0.384. The highest BCUT2D eigenvalue weighted by molar-refractivity contribution is 5.44. The van der Waals surface area contributed by atoms with Gasteiger partial charge < -0.3 is 10.5 Å². The van der Waals surface area contributed by atoms with Gasteiger partial charge in [0.05, 0.1) is 18.1 Å². The molecule has 0 amide bonds. The zero-order chi connectivity index (χ0) is 13.1. The lowest BCUT2D eigenvalue weighted by Gasteiger charge is -2.17. The number of nitrogens with two attached hydrogens (primary N) is 1. The molecule has 0 aromatic heterocycles. The Kier molecular flexibility index (Phi) is 3.78. The number of ether oxygens (including phenoxy) is 1. The molecule has 1 unspecified atom stereocenters. The number of nitro groups is 1. The second-order valence-electron chi connectivity index (χ2n) is 4.54. The molecule has 6 heteroatoms. The van der Waals surface area contributed by atoms with E-state index in [-0.39, 0.29) is 11.7 Å². The molecule has 1 fully saturated rings. The fraction of sp³-hybridized carbons (Fsp3) is 0.500. The van der Waals surface area contributed by atoms with Gasteiger partial charge in [0.15, 0.2) is 0 Å². The molecule has 1 saturated heterocycles. The summed E-state index contributed by atoms with van der Waals surface area (Å²) in [5.74, 6) is 0.560. The smallest absolute Gasteiger partial charge is 0.273 e. The standard InChI is InChI=1S/C12H17N3O3/c1-18-12-6-11(15(16)17)3-2-9(12)7-14-5-4-10(13)8-14/h2-3,6,10H,4-5,7-8,13H2,1H3. The molecular formula is C12H17N3O3. The molecule has 2 rings (SSSR count).